The van der Waals surface area contributed by atoms with Crippen LogP contribution in [0.2, 0.25) is 0 Å². The zero-order valence-corrected chi connectivity index (χ0v) is 13.1. The standard InChI is InChI=1S/C12H19N5O3S/c1-12(2,3)9(10(19)20)13-8(18)6-21-11-14-15-16-17(11)7-4-5-7/h7,9H,4-6H2,1-3H3,(H,13,18)(H,19,20)/t9-/m0/s1. The van der Waals surface area contributed by atoms with Gasteiger partial charge in [0.15, 0.2) is 0 Å². The monoisotopic (exact) mass is 313 g/mol. The first-order chi connectivity index (χ1) is 9.79. The molecule has 116 valence electrons. The van der Waals surface area contributed by atoms with Gasteiger partial charge in [0.1, 0.15) is 6.04 Å². The Morgan fingerprint density at radius 2 is 2.14 bits per heavy atom. The zero-order chi connectivity index (χ0) is 15.6. The molecule has 1 aromatic rings. The molecule has 1 aliphatic carbocycles. The Labute approximate surface area is 126 Å². The van der Waals surface area contributed by atoms with Crippen molar-refractivity contribution in [3.63, 3.8) is 0 Å². The first kappa shape index (κ1) is 15.7. The predicted octanol–water partition coefficient (Wildman–Crippen LogP) is 0.716. The molecule has 2 rings (SSSR count). The lowest BCUT2D eigenvalue weighted by Gasteiger charge is -2.27. The zero-order valence-electron chi connectivity index (χ0n) is 12.2. The summed E-state index contributed by atoms with van der Waals surface area (Å²) in [5, 5.41) is 23.7. The lowest BCUT2D eigenvalue weighted by Crippen LogP contribution is -2.49. The highest BCUT2D eigenvalue weighted by Gasteiger charge is 2.33. The lowest BCUT2D eigenvalue weighted by atomic mass is 9.87. The first-order valence-corrected chi connectivity index (χ1v) is 7.70. The van der Waals surface area contributed by atoms with Crippen LogP contribution in [0.3, 0.4) is 0 Å². The van der Waals surface area contributed by atoms with Gasteiger partial charge in [0, 0.05) is 0 Å². The predicted molar refractivity (Wildman–Crippen MR) is 75.8 cm³/mol. The molecule has 0 spiro atoms. The molecule has 1 atom stereocenters. The number of carbonyl (C=O) groups is 2. The molecule has 2 N–H and O–H groups in total. The number of aliphatic carboxylic acids is 1. The van der Waals surface area contributed by atoms with E-state index in [0.717, 1.165) is 12.8 Å². The largest absolute Gasteiger partial charge is 0.480 e. The van der Waals surface area contributed by atoms with Crippen LogP contribution < -0.4 is 5.32 Å². The smallest absolute Gasteiger partial charge is 0.326 e. The van der Waals surface area contributed by atoms with Gasteiger partial charge in [-0.25, -0.2) is 9.48 Å². The molecule has 8 nitrogen and oxygen atoms in total. The van der Waals surface area contributed by atoms with E-state index in [9.17, 15) is 14.7 Å². The average molecular weight is 313 g/mol. The molecule has 0 radical (unpaired) electrons. The Morgan fingerprint density at radius 3 is 2.67 bits per heavy atom. The van der Waals surface area contributed by atoms with Gasteiger partial charge in [-0.2, -0.15) is 0 Å². The molecule has 21 heavy (non-hydrogen) atoms. The van der Waals surface area contributed by atoms with E-state index < -0.39 is 17.4 Å². The van der Waals surface area contributed by atoms with E-state index in [2.05, 4.69) is 20.8 Å². The second-order valence-corrected chi connectivity index (χ2v) is 7.07. The topological polar surface area (TPSA) is 110 Å². The van der Waals surface area contributed by atoms with E-state index in [1.165, 1.54) is 11.8 Å². The maximum absolute atomic E-state index is 11.9. The molecule has 0 aromatic carbocycles. The Bertz CT molecular complexity index is 535. The van der Waals surface area contributed by atoms with Gasteiger partial charge in [0.2, 0.25) is 11.1 Å². The molecule has 1 amide bonds. The number of aromatic nitrogens is 4. The highest BCUT2D eigenvalue weighted by molar-refractivity contribution is 7.99. The van der Waals surface area contributed by atoms with Crippen LogP contribution in [0, 0.1) is 5.41 Å². The fraction of sp³-hybridized carbons (Fsp3) is 0.750. The summed E-state index contributed by atoms with van der Waals surface area (Å²) < 4.78 is 1.72. The van der Waals surface area contributed by atoms with Crippen molar-refractivity contribution in [2.45, 2.75) is 50.9 Å². The fourth-order valence-corrected chi connectivity index (χ4v) is 2.57. The molecule has 0 aliphatic heterocycles. The first-order valence-electron chi connectivity index (χ1n) is 6.72. The van der Waals surface area contributed by atoms with Gasteiger partial charge in [-0.3, -0.25) is 4.79 Å². The summed E-state index contributed by atoms with van der Waals surface area (Å²) in [5.41, 5.74) is -0.554. The minimum atomic E-state index is -1.04. The summed E-state index contributed by atoms with van der Waals surface area (Å²) in [6.45, 7) is 5.31. The van der Waals surface area contributed by atoms with Crippen LogP contribution in [0.25, 0.3) is 0 Å². The number of nitrogens with one attached hydrogen (secondary N) is 1. The molecule has 1 aromatic heterocycles. The maximum atomic E-state index is 11.9. The molecular weight excluding hydrogens is 294 g/mol. The number of carboxylic acid groups (broad SMARTS) is 1. The summed E-state index contributed by atoms with van der Waals surface area (Å²) >= 11 is 1.22. The van der Waals surface area contributed by atoms with E-state index in [0.29, 0.717) is 11.2 Å². The quantitative estimate of drug-likeness (QED) is 0.744. The SMILES string of the molecule is CC(C)(C)[C@@H](NC(=O)CSc1nnnn1C1CC1)C(=O)O. The molecule has 1 saturated carbocycles. The third-order valence-corrected chi connectivity index (χ3v) is 4.04. The van der Waals surface area contributed by atoms with E-state index in [1.54, 1.807) is 25.5 Å². The third-order valence-electron chi connectivity index (χ3n) is 3.11. The molecule has 0 unspecified atom stereocenters. The van der Waals surface area contributed by atoms with Crippen LogP contribution in [0.5, 0.6) is 0 Å². The number of carboxylic acids is 1. The molecule has 0 saturated heterocycles. The Balaban J connectivity index is 1.89. The number of rotatable bonds is 6. The van der Waals surface area contributed by atoms with Crippen LogP contribution in [0.1, 0.15) is 39.7 Å². The minimum absolute atomic E-state index is 0.0902. The van der Waals surface area contributed by atoms with Crippen molar-refractivity contribution in [1.82, 2.24) is 25.5 Å². The molecule has 0 bridgehead atoms. The normalized spacial score (nSPS) is 16.5. The second kappa shape index (κ2) is 6.00. The van der Waals surface area contributed by atoms with Gasteiger partial charge in [0.25, 0.3) is 0 Å². The van der Waals surface area contributed by atoms with E-state index in [4.69, 9.17) is 0 Å². The van der Waals surface area contributed by atoms with E-state index >= 15 is 0 Å². The summed E-state index contributed by atoms with van der Waals surface area (Å²) in [5.74, 6) is -1.29. The lowest BCUT2D eigenvalue weighted by molar-refractivity contribution is -0.144. The summed E-state index contributed by atoms with van der Waals surface area (Å²) in [6, 6.07) is -0.586. The van der Waals surface area contributed by atoms with Gasteiger partial charge in [-0.05, 0) is 28.7 Å². The second-order valence-electron chi connectivity index (χ2n) is 6.13. The third kappa shape index (κ3) is 4.16. The van der Waals surface area contributed by atoms with Crippen LogP contribution in [-0.2, 0) is 9.59 Å². The van der Waals surface area contributed by atoms with Crippen LogP contribution in [0.4, 0.5) is 0 Å². The van der Waals surface area contributed by atoms with Crippen molar-refractivity contribution >= 4 is 23.6 Å². The highest BCUT2D eigenvalue weighted by atomic mass is 32.2. The van der Waals surface area contributed by atoms with Crippen molar-refractivity contribution in [2.24, 2.45) is 5.41 Å². The molecule has 1 aliphatic rings. The van der Waals surface area contributed by atoms with Crippen LogP contribution in [-0.4, -0.2) is 49.0 Å². The van der Waals surface area contributed by atoms with Gasteiger partial charge in [0.05, 0.1) is 11.8 Å². The maximum Gasteiger partial charge on any atom is 0.326 e. The number of amides is 1. The summed E-state index contributed by atoms with van der Waals surface area (Å²) in [7, 11) is 0. The van der Waals surface area contributed by atoms with Gasteiger partial charge < -0.3 is 10.4 Å². The summed E-state index contributed by atoms with van der Waals surface area (Å²) in [6.07, 6.45) is 2.10. The highest BCUT2D eigenvalue weighted by Crippen LogP contribution is 2.36. The van der Waals surface area contributed by atoms with Crippen molar-refractivity contribution in [2.75, 3.05) is 5.75 Å². The number of thioether (sulfide) groups is 1. The fourth-order valence-electron chi connectivity index (χ4n) is 1.81. The van der Waals surface area contributed by atoms with Crippen molar-refractivity contribution in [1.29, 1.82) is 0 Å². The van der Waals surface area contributed by atoms with Gasteiger partial charge >= 0.3 is 5.97 Å². The van der Waals surface area contributed by atoms with E-state index in [-0.39, 0.29) is 11.7 Å². The Hall–Kier alpha value is -1.64. The number of nitrogens with zero attached hydrogens (tertiary/aromatic N) is 4. The number of hydrogen-bond acceptors (Lipinski definition) is 6. The molecule has 9 heteroatoms. The number of hydrogen-bond donors (Lipinski definition) is 2. The Morgan fingerprint density at radius 1 is 1.48 bits per heavy atom. The average Bonchev–Trinajstić information content (AvgIpc) is 3.11. The van der Waals surface area contributed by atoms with Crippen LogP contribution >= 0.6 is 11.8 Å². The Kier molecular flexibility index (Phi) is 4.50. The number of carbonyl (C=O) groups excluding carboxylic acids is 1. The van der Waals surface area contributed by atoms with E-state index in [1.807, 2.05) is 0 Å². The van der Waals surface area contributed by atoms with Crippen molar-refractivity contribution in [3.05, 3.63) is 0 Å². The van der Waals surface area contributed by atoms with Crippen molar-refractivity contribution < 1.29 is 14.7 Å². The minimum Gasteiger partial charge on any atom is -0.480 e. The molecule has 1 fully saturated rings. The summed E-state index contributed by atoms with van der Waals surface area (Å²) in [4.78, 5) is 23.1. The van der Waals surface area contributed by atoms with Gasteiger partial charge in [-0.15, -0.1) is 5.10 Å². The molecule has 1 heterocycles. The molecular formula is C12H19N5O3S. The van der Waals surface area contributed by atoms with Crippen molar-refractivity contribution in [3.8, 4) is 0 Å². The number of tetrazole rings is 1. The van der Waals surface area contributed by atoms with Crippen LogP contribution in [0.15, 0.2) is 5.16 Å². The van der Waals surface area contributed by atoms with Gasteiger partial charge in [-0.1, -0.05) is 32.5 Å².